The zero-order valence-electron chi connectivity index (χ0n) is 42.6. The summed E-state index contributed by atoms with van der Waals surface area (Å²) in [6.07, 6.45) is 0. The van der Waals surface area contributed by atoms with Crippen LogP contribution in [-0.2, 0) is 52.9 Å². The molecule has 8 aromatic carbocycles. The van der Waals surface area contributed by atoms with E-state index in [1.54, 1.807) is 0 Å². The van der Waals surface area contributed by atoms with E-state index < -0.39 is 23.7 Å². The fraction of sp³-hybridized carbons (Fsp3) is 0.250. The van der Waals surface area contributed by atoms with Crippen LogP contribution in [0.15, 0.2) is 121 Å². The lowest BCUT2D eigenvalue weighted by molar-refractivity contribution is 0.247. The number of phenols is 4. The van der Waals surface area contributed by atoms with Crippen molar-refractivity contribution >= 4 is 0 Å². The molecule has 12 nitrogen and oxygen atoms in total. The summed E-state index contributed by atoms with van der Waals surface area (Å²) in [6, 6.07) is 39.1. The van der Waals surface area contributed by atoms with Crippen LogP contribution in [0.2, 0.25) is 0 Å². The highest BCUT2D eigenvalue weighted by atomic mass is 16.5. The minimum absolute atomic E-state index is 0.0791. The molecule has 0 spiro atoms. The molecule has 8 bridgehead atoms. The Bertz CT molecular complexity index is 2970. The molecule has 0 saturated heterocycles. The average molecular weight is 1020 g/mol. The maximum absolute atomic E-state index is 13.0. The van der Waals surface area contributed by atoms with Gasteiger partial charge in [0.25, 0.3) is 0 Å². The summed E-state index contributed by atoms with van der Waals surface area (Å²) >= 11 is 0. The summed E-state index contributed by atoms with van der Waals surface area (Å²) in [6.45, 7) is 8.60. The van der Waals surface area contributed by atoms with Gasteiger partial charge in [0.05, 0.1) is 0 Å². The fourth-order valence-corrected chi connectivity index (χ4v) is 11.7. The fourth-order valence-electron chi connectivity index (χ4n) is 11.7. The van der Waals surface area contributed by atoms with E-state index in [1.807, 2.05) is 149 Å². The zero-order valence-corrected chi connectivity index (χ0v) is 42.6. The third-order valence-corrected chi connectivity index (χ3v) is 16.2. The normalized spacial score (nSPS) is 18.9. The molecule has 76 heavy (non-hydrogen) atoms. The van der Waals surface area contributed by atoms with Gasteiger partial charge in [0.15, 0.2) is 46.0 Å². The molecule has 13 rings (SSSR count). The van der Waals surface area contributed by atoms with Crippen LogP contribution in [0.4, 0.5) is 0 Å². The second-order valence-corrected chi connectivity index (χ2v) is 20.5. The van der Waals surface area contributed by atoms with Crippen LogP contribution in [0.25, 0.3) is 0 Å². The largest absolute Gasteiger partial charge is 0.502 e. The number of hydrogen-bond donors (Lipinski definition) is 4. The van der Waals surface area contributed by atoms with Crippen molar-refractivity contribution < 1.29 is 58.3 Å². The summed E-state index contributed by atoms with van der Waals surface area (Å²) < 4.78 is 54.8. The second-order valence-electron chi connectivity index (χ2n) is 20.5. The minimum atomic E-state index is -0.641. The van der Waals surface area contributed by atoms with Crippen molar-refractivity contribution in [3.8, 4) is 69.0 Å². The molecule has 0 radical (unpaired) electrons. The highest BCUT2D eigenvalue weighted by Gasteiger charge is 2.38. The van der Waals surface area contributed by atoms with E-state index in [1.165, 1.54) is 0 Å². The molecule has 1 aliphatic carbocycles. The number of benzene rings is 8. The molecule has 4 aliphatic heterocycles. The molecule has 4 heterocycles. The third kappa shape index (κ3) is 7.71. The van der Waals surface area contributed by atoms with Crippen LogP contribution in [0, 0.1) is 0 Å². The molecule has 5 aliphatic rings. The van der Waals surface area contributed by atoms with Gasteiger partial charge in [0.1, 0.15) is 52.9 Å². The Balaban J connectivity index is 1.18. The van der Waals surface area contributed by atoms with Crippen LogP contribution < -0.4 is 37.9 Å². The Morgan fingerprint density at radius 1 is 0.250 bits per heavy atom. The lowest BCUT2D eigenvalue weighted by atomic mass is 9.80. The Kier molecular flexibility index (Phi) is 11.5. The van der Waals surface area contributed by atoms with Gasteiger partial charge < -0.3 is 58.3 Å². The van der Waals surface area contributed by atoms with Gasteiger partial charge in [-0.25, -0.2) is 0 Å². The first-order valence-corrected chi connectivity index (χ1v) is 25.9. The number of rotatable bonds is 0. The predicted octanol–water partition coefficient (Wildman–Crippen LogP) is 13.3. The van der Waals surface area contributed by atoms with Crippen molar-refractivity contribution in [2.45, 2.75) is 104 Å². The van der Waals surface area contributed by atoms with Crippen molar-refractivity contribution in [1.29, 1.82) is 0 Å². The molecule has 0 fully saturated rings. The van der Waals surface area contributed by atoms with Gasteiger partial charge in [-0.15, -0.1) is 0 Å². The number of phenolic OH excluding ortho intramolecular Hbond substituents is 4. The molecule has 0 atom stereocenters. The lowest BCUT2D eigenvalue weighted by Gasteiger charge is -2.30. The van der Waals surface area contributed by atoms with E-state index in [0.29, 0.717) is 44.5 Å². The predicted molar refractivity (Wildman–Crippen MR) is 283 cm³/mol. The Labute approximate surface area is 440 Å². The van der Waals surface area contributed by atoms with Gasteiger partial charge in [-0.05, 0) is 68.8 Å². The maximum atomic E-state index is 13.0. The van der Waals surface area contributed by atoms with Crippen LogP contribution in [-0.4, -0.2) is 20.4 Å². The van der Waals surface area contributed by atoms with Crippen LogP contribution >= 0.6 is 0 Å². The van der Waals surface area contributed by atoms with Gasteiger partial charge in [0.2, 0.25) is 23.0 Å². The number of ether oxygens (including phenoxy) is 8. The monoisotopic (exact) mass is 1020 g/mol. The summed E-state index contributed by atoms with van der Waals surface area (Å²) in [5.41, 5.74) is 11.2. The molecule has 0 unspecified atom stereocenters. The molecule has 12 heteroatoms. The number of hydrogen-bond acceptors (Lipinski definition) is 12. The van der Waals surface area contributed by atoms with Gasteiger partial charge in [-0.1, -0.05) is 125 Å². The Morgan fingerprint density at radius 3 is 0.513 bits per heavy atom. The third-order valence-electron chi connectivity index (χ3n) is 16.2. The summed E-state index contributed by atoms with van der Waals surface area (Å²) in [5, 5.41) is 52.1. The first-order valence-electron chi connectivity index (χ1n) is 25.9. The lowest BCUT2D eigenvalue weighted by Crippen LogP contribution is -2.13. The zero-order chi connectivity index (χ0) is 51.9. The summed E-state index contributed by atoms with van der Waals surface area (Å²) in [4.78, 5) is 0. The second kappa shape index (κ2) is 18.6. The quantitative estimate of drug-likeness (QED) is 0.114. The van der Waals surface area contributed by atoms with E-state index in [0.717, 1.165) is 44.5 Å². The first kappa shape index (κ1) is 47.1. The van der Waals surface area contributed by atoms with Crippen molar-refractivity contribution in [2.24, 2.45) is 0 Å². The standard InChI is InChI=1S/C64H56O12/c1-33-45-21-47-34(2)49-23-51-36(4)52-24-50-35(3)48-22-46(33)58-54(66)60(48)72-28-40-16-8-10-18-42(40)30-74-62(50)56(68)64(52)76-32-44-20-12-11-19-43(44)31-75-63(51)55(67)61(49)73-29-41-17-9-7-15-39(41)27-71-59(47)53(65)57(45)69-25-37-13-5-6-14-38(37)26-70-58/h5-24,33-36,65-68H,25-32H2,1-4H3. The van der Waals surface area contributed by atoms with E-state index in [2.05, 4.69) is 0 Å². The highest BCUT2D eigenvalue weighted by molar-refractivity contribution is 5.72. The smallest absolute Gasteiger partial charge is 0.201 e. The topological polar surface area (TPSA) is 155 Å². The van der Waals surface area contributed by atoms with E-state index in [4.69, 9.17) is 37.9 Å². The van der Waals surface area contributed by atoms with Crippen molar-refractivity contribution in [3.63, 3.8) is 0 Å². The van der Waals surface area contributed by atoms with E-state index in [9.17, 15) is 20.4 Å². The molecule has 4 N–H and O–H groups in total. The van der Waals surface area contributed by atoms with Crippen molar-refractivity contribution in [3.05, 3.63) is 210 Å². The number of aromatic hydroxyl groups is 4. The SMILES string of the molecule is CC1c2cc3c4c(O)c2OCc2ccccc2COc2c1cc1c(c2O)OCc2ccccc2COc2c(cc5c(c2O)OCc2ccccc2COc2c(cc(c(c2O)OCc2ccccc2CO4)C3C)C5C)C1C. The van der Waals surface area contributed by atoms with Crippen LogP contribution in [0.1, 0.15) is 140 Å². The Morgan fingerprint density at radius 2 is 0.382 bits per heavy atom. The van der Waals surface area contributed by atoms with Crippen LogP contribution in [0.3, 0.4) is 0 Å². The minimum Gasteiger partial charge on any atom is -0.502 e. The van der Waals surface area contributed by atoms with Crippen molar-refractivity contribution in [1.82, 2.24) is 0 Å². The van der Waals surface area contributed by atoms with Gasteiger partial charge in [-0.3, -0.25) is 0 Å². The van der Waals surface area contributed by atoms with Crippen molar-refractivity contribution in [2.75, 3.05) is 0 Å². The molecular formula is C64H56O12. The Hall–Kier alpha value is -8.64. The van der Waals surface area contributed by atoms with Gasteiger partial charge >= 0.3 is 0 Å². The maximum Gasteiger partial charge on any atom is 0.201 e. The first-order chi connectivity index (χ1) is 37.0. The molecule has 0 aromatic heterocycles. The summed E-state index contributed by atoms with van der Waals surface area (Å²) in [5.74, 6) is -1.78. The van der Waals surface area contributed by atoms with E-state index >= 15 is 0 Å². The highest BCUT2D eigenvalue weighted by Crippen LogP contribution is 2.59. The van der Waals surface area contributed by atoms with E-state index in [-0.39, 0.29) is 122 Å². The molecule has 0 saturated carbocycles. The summed E-state index contributed by atoms with van der Waals surface area (Å²) in [7, 11) is 0. The van der Waals surface area contributed by atoms with Gasteiger partial charge in [-0.2, -0.15) is 0 Å². The number of fused-ring (bicyclic) bond motifs is 4. The molecule has 384 valence electrons. The average Bonchev–Trinajstić information content (AvgIpc) is 3.51. The molecular weight excluding hydrogens is 961 g/mol. The van der Waals surface area contributed by atoms with Crippen LogP contribution in [0.5, 0.6) is 69.0 Å². The van der Waals surface area contributed by atoms with Gasteiger partial charge in [0, 0.05) is 68.2 Å². The molecule has 8 aromatic rings. The molecule has 0 amide bonds.